The minimum Gasteiger partial charge on any atom is -0.478 e. The lowest BCUT2D eigenvalue weighted by Crippen LogP contribution is -2.46. The summed E-state index contributed by atoms with van der Waals surface area (Å²) in [6.45, 7) is 1.24. The van der Waals surface area contributed by atoms with Gasteiger partial charge in [-0.2, -0.15) is 0 Å². The summed E-state index contributed by atoms with van der Waals surface area (Å²) in [7, 11) is 0. The van der Waals surface area contributed by atoms with Crippen LogP contribution in [-0.4, -0.2) is 41.1 Å². The number of hydrogen-bond donors (Lipinski definition) is 2. The topological polar surface area (TPSA) is 78.9 Å². The highest BCUT2D eigenvalue weighted by Crippen LogP contribution is 2.34. The number of hydrogen-bond acceptors (Lipinski definition) is 4. The third kappa shape index (κ3) is 3.04. The number of carboxylic acid groups (broad SMARTS) is 1. The first-order valence-electron chi connectivity index (χ1n) is 8.75. The monoisotopic (exact) mass is 352 g/mol. The first-order chi connectivity index (χ1) is 12.6. The van der Waals surface area contributed by atoms with E-state index in [9.17, 15) is 9.59 Å². The smallest absolute Gasteiger partial charge is 0.335 e. The van der Waals surface area contributed by atoms with Gasteiger partial charge in [0, 0.05) is 18.8 Å². The van der Waals surface area contributed by atoms with Crippen LogP contribution in [0.4, 0.5) is 5.69 Å². The third-order valence-electron chi connectivity index (χ3n) is 4.92. The van der Waals surface area contributed by atoms with E-state index in [-0.39, 0.29) is 23.7 Å². The molecule has 6 nitrogen and oxygen atoms in total. The van der Waals surface area contributed by atoms with Gasteiger partial charge in [0.1, 0.15) is 6.17 Å². The fourth-order valence-electron chi connectivity index (χ4n) is 3.56. The van der Waals surface area contributed by atoms with Gasteiger partial charge < -0.3 is 20.1 Å². The van der Waals surface area contributed by atoms with E-state index >= 15 is 0 Å². The SMILES string of the molecule is O=C(O)c1ccc([C@H]2Nc3ccccc3C(=O)N2C[C@@H]2CCCO2)cc1. The van der Waals surface area contributed by atoms with Crippen LogP contribution in [0.15, 0.2) is 48.5 Å². The lowest BCUT2D eigenvalue weighted by Gasteiger charge is -2.39. The molecule has 1 amide bonds. The van der Waals surface area contributed by atoms with Crippen molar-refractivity contribution in [2.45, 2.75) is 25.1 Å². The Bertz CT molecular complexity index is 828. The lowest BCUT2D eigenvalue weighted by molar-refractivity contribution is 0.0426. The summed E-state index contributed by atoms with van der Waals surface area (Å²) in [5.74, 6) is -1.01. The fourth-order valence-corrected chi connectivity index (χ4v) is 3.56. The van der Waals surface area contributed by atoms with Crippen molar-refractivity contribution < 1.29 is 19.4 Å². The van der Waals surface area contributed by atoms with Crippen molar-refractivity contribution in [2.24, 2.45) is 0 Å². The van der Waals surface area contributed by atoms with E-state index < -0.39 is 5.97 Å². The highest BCUT2D eigenvalue weighted by atomic mass is 16.5. The average molecular weight is 352 g/mol. The molecule has 2 heterocycles. The Balaban J connectivity index is 1.69. The molecule has 1 fully saturated rings. The molecule has 0 spiro atoms. The maximum atomic E-state index is 13.1. The molecular formula is C20H20N2O4. The largest absolute Gasteiger partial charge is 0.478 e. The normalized spacial score (nSPS) is 22.0. The Hall–Kier alpha value is -2.86. The molecule has 2 N–H and O–H groups in total. The van der Waals surface area contributed by atoms with Gasteiger partial charge in [0.15, 0.2) is 0 Å². The van der Waals surface area contributed by atoms with E-state index in [1.54, 1.807) is 29.2 Å². The Morgan fingerprint density at radius 2 is 1.96 bits per heavy atom. The molecule has 4 rings (SSSR count). The van der Waals surface area contributed by atoms with E-state index in [1.165, 1.54) is 0 Å². The number of benzene rings is 2. The van der Waals surface area contributed by atoms with Gasteiger partial charge in [-0.05, 0) is 42.7 Å². The Morgan fingerprint density at radius 3 is 2.65 bits per heavy atom. The molecule has 2 atom stereocenters. The first kappa shape index (κ1) is 16.6. The molecule has 0 aromatic heterocycles. The Kier molecular flexibility index (Phi) is 4.34. The summed E-state index contributed by atoms with van der Waals surface area (Å²) >= 11 is 0. The van der Waals surface area contributed by atoms with E-state index in [2.05, 4.69) is 5.32 Å². The molecule has 0 saturated carbocycles. The van der Waals surface area contributed by atoms with Gasteiger partial charge in [-0.3, -0.25) is 4.79 Å². The molecule has 0 bridgehead atoms. The minimum absolute atomic E-state index is 0.0341. The van der Waals surface area contributed by atoms with Gasteiger partial charge in [0.2, 0.25) is 0 Å². The standard InChI is InChI=1S/C20H20N2O4/c23-19-16-5-1-2-6-17(16)21-18(22(19)12-15-4-3-11-26-15)13-7-9-14(10-8-13)20(24)25/h1-2,5-10,15,18,21H,3-4,11-12H2,(H,24,25)/t15-,18-/m0/s1. The van der Waals surface area contributed by atoms with E-state index in [1.807, 2.05) is 24.3 Å². The molecule has 0 radical (unpaired) electrons. The zero-order valence-electron chi connectivity index (χ0n) is 14.2. The fraction of sp³-hybridized carbons (Fsp3) is 0.300. The highest BCUT2D eigenvalue weighted by Gasteiger charge is 2.35. The molecule has 0 aliphatic carbocycles. The zero-order valence-corrected chi connectivity index (χ0v) is 14.2. The van der Waals surface area contributed by atoms with Crippen LogP contribution in [0.5, 0.6) is 0 Å². The summed E-state index contributed by atoms with van der Waals surface area (Å²) < 4.78 is 5.73. The first-order valence-corrected chi connectivity index (χ1v) is 8.75. The number of nitrogens with one attached hydrogen (secondary N) is 1. The lowest BCUT2D eigenvalue weighted by atomic mass is 10.0. The van der Waals surface area contributed by atoms with Crippen molar-refractivity contribution in [3.05, 3.63) is 65.2 Å². The second-order valence-electron chi connectivity index (χ2n) is 6.61. The van der Waals surface area contributed by atoms with Crippen LogP contribution in [0.1, 0.15) is 45.3 Å². The van der Waals surface area contributed by atoms with Gasteiger partial charge >= 0.3 is 5.97 Å². The summed E-state index contributed by atoms with van der Waals surface area (Å²) in [5.41, 5.74) is 2.50. The molecule has 2 aliphatic heterocycles. The summed E-state index contributed by atoms with van der Waals surface area (Å²) in [5, 5.41) is 12.5. The van der Waals surface area contributed by atoms with Crippen LogP contribution in [0.2, 0.25) is 0 Å². The van der Waals surface area contributed by atoms with Crippen molar-refractivity contribution in [3.63, 3.8) is 0 Å². The number of ether oxygens (including phenoxy) is 1. The highest BCUT2D eigenvalue weighted by molar-refractivity contribution is 6.01. The van der Waals surface area contributed by atoms with Gasteiger partial charge in [-0.1, -0.05) is 24.3 Å². The van der Waals surface area contributed by atoms with Gasteiger partial charge in [0.25, 0.3) is 5.91 Å². The van der Waals surface area contributed by atoms with E-state index in [0.717, 1.165) is 30.7 Å². The molecule has 2 aliphatic rings. The van der Waals surface area contributed by atoms with Crippen LogP contribution < -0.4 is 5.32 Å². The number of fused-ring (bicyclic) bond motifs is 1. The number of para-hydroxylation sites is 1. The molecule has 0 unspecified atom stereocenters. The van der Waals surface area contributed by atoms with Crippen LogP contribution in [0.25, 0.3) is 0 Å². The summed E-state index contributed by atoms with van der Waals surface area (Å²) in [6.07, 6.45) is 1.63. The van der Waals surface area contributed by atoms with E-state index in [0.29, 0.717) is 12.1 Å². The number of carboxylic acids is 1. The molecular weight excluding hydrogens is 332 g/mol. The molecule has 134 valence electrons. The average Bonchev–Trinajstić information content (AvgIpc) is 3.17. The van der Waals surface area contributed by atoms with Crippen LogP contribution in [0.3, 0.4) is 0 Å². The number of carbonyl (C=O) groups excluding carboxylic acids is 1. The number of nitrogens with zero attached hydrogens (tertiary/aromatic N) is 1. The Labute approximate surface area is 151 Å². The molecule has 6 heteroatoms. The van der Waals surface area contributed by atoms with Crippen LogP contribution in [-0.2, 0) is 4.74 Å². The van der Waals surface area contributed by atoms with Crippen LogP contribution >= 0.6 is 0 Å². The quantitative estimate of drug-likeness (QED) is 0.884. The predicted molar refractivity (Wildman–Crippen MR) is 96.2 cm³/mol. The molecule has 2 aromatic carbocycles. The van der Waals surface area contributed by atoms with Crippen LogP contribution in [0, 0.1) is 0 Å². The van der Waals surface area contributed by atoms with Crippen molar-refractivity contribution in [2.75, 3.05) is 18.5 Å². The second-order valence-corrected chi connectivity index (χ2v) is 6.61. The Morgan fingerprint density at radius 1 is 1.19 bits per heavy atom. The second kappa shape index (κ2) is 6.80. The summed E-state index contributed by atoms with van der Waals surface area (Å²) in [4.78, 5) is 26.0. The minimum atomic E-state index is -0.967. The van der Waals surface area contributed by atoms with Crippen molar-refractivity contribution in [1.82, 2.24) is 4.90 Å². The summed E-state index contributed by atoms with van der Waals surface area (Å²) in [6, 6.07) is 14.1. The number of rotatable bonds is 4. The molecule has 1 saturated heterocycles. The van der Waals surface area contributed by atoms with E-state index in [4.69, 9.17) is 9.84 Å². The number of anilines is 1. The molecule has 2 aromatic rings. The third-order valence-corrected chi connectivity index (χ3v) is 4.92. The van der Waals surface area contributed by atoms with Crippen molar-refractivity contribution in [3.8, 4) is 0 Å². The van der Waals surface area contributed by atoms with Gasteiger partial charge in [-0.15, -0.1) is 0 Å². The predicted octanol–water partition coefficient (Wildman–Crippen LogP) is 3.13. The van der Waals surface area contributed by atoms with Gasteiger partial charge in [0.05, 0.1) is 17.2 Å². The number of amides is 1. The maximum absolute atomic E-state index is 13.1. The van der Waals surface area contributed by atoms with Crippen molar-refractivity contribution in [1.29, 1.82) is 0 Å². The maximum Gasteiger partial charge on any atom is 0.335 e. The van der Waals surface area contributed by atoms with Gasteiger partial charge in [-0.25, -0.2) is 4.79 Å². The molecule has 26 heavy (non-hydrogen) atoms. The zero-order chi connectivity index (χ0) is 18.1. The van der Waals surface area contributed by atoms with Crippen molar-refractivity contribution >= 4 is 17.6 Å². The number of carbonyl (C=O) groups is 2. The number of aromatic carboxylic acids is 1.